The lowest BCUT2D eigenvalue weighted by Crippen LogP contribution is -2.48. The highest BCUT2D eigenvalue weighted by atomic mass is 19.4. The van der Waals surface area contributed by atoms with E-state index < -0.39 is 18.4 Å². The molecule has 2 aliphatic heterocycles. The third kappa shape index (κ3) is 5.00. The van der Waals surface area contributed by atoms with Crippen LogP contribution in [0, 0.1) is 11.3 Å². The Labute approximate surface area is 171 Å². The predicted molar refractivity (Wildman–Crippen MR) is 105 cm³/mol. The minimum Gasteiger partial charge on any atom is -0.493 e. The number of aliphatic hydroxyl groups excluding tert-OH is 1. The standard InChI is InChI=1S/C22H32F3NO3/c1-13(22(23,24)25)29-20-8-14-6-7-26-12-15(11-21(2,3)4)18(27)10-17(26)16(14)9-19(20)28-5/h8-9,13,15,17-18,27H,6-7,10-12H2,1-5H3/t13?,15-,17-,18-/m1/s1. The van der Waals surface area contributed by atoms with E-state index in [9.17, 15) is 18.3 Å². The fourth-order valence-electron chi connectivity index (χ4n) is 4.60. The van der Waals surface area contributed by atoms with E-state index in [1.807, 2.05) is 0 Å². The number of hydrogen-bond donors (Lipinski definition) is 1. The number of ether oxygens (including phenoxy) is 2. The lowest BCUT2D eigenvalue weighted by Gasteiger charge is -2.47. The van der Waals surface area contributed by atoms with E-state index >= 15 is 0 Å². The van der Waals surface area contributed by atoms with Gasteiger partial charge in [-0.25, -0.2) is 0 Å². The number of benzene rings is 1. The van der Waals surface area contributed by atoms with Crippen LogP contribution in [0.3, 0.4) is 0 Å². The zero-order chi connectivity index (χ0) is 21.6. The predicted octanol–water partition coefficient (Wildman–Crippen LogP) is 4.74. The molecule has 29 heavy (non-hydrogen) atoms. The zero-order valence-electron chi connectivity index (χ0n) is 17.8. The number of halogens is 3. The molecule has 0 saturated carbocycles. The first-order chi connectivity index (χ1) is 13.4. The van der Waals surface area contributed by atoms with Gasteiger partial charge >= 0.3 is 6.18 Å². The van der Waals surface area contributed by atoms with Gasteiger partial charge in [0, 0.05) is 19.1 Å². The van der Waals surface area contributed by atoms with Crippen molar-refractivity contribution in [3.8, 4) is 11.5 Å². The molecule has 0 bridgehead atoms. The largest absolute Gasteiger partial charge is 0.493 e. The van der Waals surface area contributed by atoms with Crippen LogP contribution in [0.4, 0.5) is 13.2 Å². The summed E-state index contributed by atoms with van der Waals surface area (Å²) in [6.07, 6.45) is -4.43. The lowest BCUT2D eigenvalue weighted by molar-refractivity contribution is -0.189. The van der Waals surface area contributed by atoms with Gasteiger partial charge in [0.05, 0.1) is 13.2 Å². The first-order valence-electron chi connectivity index (χ1n) is 10.3. The Bertz CT molecular complexity index is 729. The average Bonchev–Trinajstić information content (AvgIpc) is 2.60. The molecule has 0 aliphatic carbocycles. The Morgan fingerprint density at radius 2 is 1.90 bits per heavy atom. The number of methoxy groups -OCH3 is 1. The van der Waals surface area contributed by atoms with Crippen molar-refractivity contribution < 1.29 is 27.8 Å². The molecule has 2 aliphatic rings. The van der Waals surface area contributed by atoms with Crippen molar-refractivity contribution in [2.24, 2.45) is 11.3 Å². The van der Waals surface area contributed by atoms with Crippen molar-refractivity contribution in [2.45, 2.75) is 71.4 Å². The first kappa shape index (κ1) is 22.2. The highest BCUT2D eigenvalue weighted by Gasteiger charge is 2.41. The van der Waals surface area contributed by atoms with Gasteiger partial charge in [0.15, 0.2) is 17.6 Å². The van der Waals surface area contributed by atoms with Gasteiger partial charge in [-0.05, 0) is 60.8 Å². The highest BCUT2D eigenvalue weighted by molar-refractivity contribution is 5.50. The number of rotatable bonds is 4. The molecule has 2 heterocycles. The molecule has 0 amide bonds. The van der Waals surface area contributed by atoms with Crippen molar-refractivity contribution in [1.29, 1.82) is 0 Å². The van der Waals surface area contributed by atoms with E-state index in [4.69, 9.17) is 9.47 Å². The molecule has 7 heteroatoms. The van der Waals surface area contributed by atoms with Crippen LogP contribution in [0.5, 0.6) is 11.5 Å². The van der Waals surface area contributed by atoms with E-state index in [1.165, 1.54) is 7.11 Å². The summed E-state index contributed by atoms with van der Waals surface area (Å²) in [6, 6.07) is 3.52. The molecule has 1 aromatic rings. The minimum absolute atomic E-state index is 0.0490. The molecular weight excluding hydrogens is 383 g/mol. The molecule has 4 nitrogen and oxygen atoms in total. The molecule has 164 valence electrons. The van der Waals surface area contributed by atoms with E-state index in [0.717, 1.165) is 44.0 Å². The van der Waals surface area contributed by atoms with Crippen molar-refractivity contribution >= 4 is 0 Å². The summed E-state index contributed by atoms with van der Waals surface area (Å²) < 4.78 is 49.3. The van der Waals surface area contributed by atoms with E-state index in [2.05, 4.69) is 25.7 Å². The van der Waals surface area contributed by atoms with Gasteiger partial charge in [-0.15, -0.1) is 0 Å². The van der Waals surface area contributed by atoms with Crippen LogP contribution >= 0.6 is 0 Å². The summed E-state index contributed by atoms with van der Waals surface area (Å²) in [5, 5.41) is 10.8. The molecule has 1 aromatic carbocycles. The SMILES string of the molecule is COc1cc2c(cc1OC(C)C(F)(F)F)CCN1C[C@@H](CC(C)(C)C)[C@H](O)C[C@H]21. The molecule has 0 spiro atoms. The second-order valence-corrected chi connectivity index (χ2v) is 9.59. The molecule has 3 rings (SSSR count). The number of piperidine rings is 1. The molecular formula is C22H32F3NO3. The van der Waals surface area contributed by atoms with E-state index in [-0.39, 0.29) is 23.1 Å². The van der Waals surface area contributed by atoms with Gasteiger partial charge in [0.1, 0.15) is 0 Å². The van der Waals surface area contributed by atoms with Crippen LogP contribution in [-0.2, 0) is 6.42 Å². The fourth-order valence-corrected chi connectivity index (χ4v) is 4.60. The second kappa shape index (κ2) is 7.99. The molecule has 1 fully saturated rings. The maximum Gasteiger partial charge on any atom is 0.425 e. The molecule has 0 radical (unpaired) electrons. The minimum atomic E-state index is -4.44. The summed E-state index contributed by atoms with van der Waals surface area (Å²) in [4.78, 5) is 2.39. The van der Waals surface area contributed by atoms with Gasteiger partial charge in [0.2, 0.25) is 0 Å². The van der Waals surface area contributed by atoms with Crippen LogP contribution in [-0.4, -0.2) is 48.6 Å². The molecule has 1 unspecified atom stereocenters. The van der Waals surface area contributed by atoms with Crippen molar-refractivity contribution in [3.63, 3.8) is 0 Å². The number of aliphatic hydroxyl groups is 1. The summed E-state index contributed by atoms with van der Waals surface area (Å²) in [7, 11) is 1.43. The van der Waals surface area contributed by atoms with E-state index in [0.29, 0.717) is 12.2 Å². The summed E-state index contributed by atoms with van der Waals surface area (Å²) >= 11 is 0. The summed E-state index contributed by atoms with van der Waals surface area (Å²) in [5.41, 5.74) is 2.14. The lowest BCUT2D eigenvalue weighted by atomic mass is 9.75. The Hall–Kier alpha value is -1.47. The van der Waals surface area contributed by atoms with Crippen molar-refractivity contribution in [3.05, 3.63) is 23.3 Å². The first-order valence-corrected chi connectivity index (χ1v) is 10.3. The van der Waals surface area contributed by atoms with Gasteiger partial charge in [0.25, 0.3) is 0 Å². The van der Waals surface area contributed by atoms with Crippen LogP contribution in [0.25, 0.3) is 0 Å². The average molecular weight is 415 g/mol. The maximum atomic E-state index is 12.9. The van der Waals surface area contributed by atoms with Gasteiger partial charge in [-0.2, -0.15) is 13.2 Å². The Balaban J connectivity index is 1.84. The Morgan fingerprint density at radius 3 is 2.48 bits per heavy atom. The van der Waals surface area contributed by atoms with Crippen molar-refractivity contribution in [1.82, 2.24) is 4.90 Å². The highest BCUT2D eigenvalue weighted by Crippen LogP contribution is 2.45. The second-order valence-electron chi connectivity index (χ2n) is 9.59. The third-order valence-corrected chi connectivity index (χ3v) is 6.01. The van der Waals surface area contributed by atoms with Crippen LogP contribution in [0.15, 0.2) is 12.1 Å². The van der Waals surface area contributed by atoms with Crippen LogP contribution in [0.1, 0.15) is 57.7 Å². The Morgan fingerprint density at radius 1 is 1.21 bits per heavy atom. The number of fused-ring (bicyclic) bond motifs is 3. The number of hydrogen-bond acceptors (Lipinski definition) is 4. The molecule has 1 N–H and O–H groups in total. The van der Waals surface area contributed by atoms with Gasteiger partial charge in [-0.1, -0.05) is 20.8 Å². The molecule has 0 aromatic heterocycles. The monoisotopic (exact) mass is 415 g/mol. The topological polar surface area (TPSA) is 41.9 Å². The maximum absolute atomic E-state index is 12.9. The van der Waals surface area contributed by atoms with Crippen LogP contribution < -0.4 is 9.47 Å². The van der Waals surface area contributed by atoms with Crippen LogP contribution in [0.2, 0.25) is 0 Å². The van der Waals surface area contributed by atoms with E-state index in [1.54, 1.807) is 12.1 Å². The third-order valence-electron chi connectivity index (χ3n) is 6.01. The number of nitrogens with zero attached hydrogens (tertiary/aromatic N) is 1. The number of alkyl halides is 3. The summed E-state index contributed by atoms with van der Waals surface area (Å²) in [5.74, 6) is 0.643. The normalized spacial score (nSPS) is 26.4. The fraction of sp³-hybridized carbons (Fsp3) is 0.727. The molecule has 1 saturated heterocycles. The molecule has 4 atom stereocenters. The summed E-state index contributed by atoms with van der Waals surface area (Å²) in [6.45, 7) is 9.20. The van der Waals surface area contributed by atoms with Crippen molar-refractivity contribution in [2.75, 3.05) is 20.2 Å². The van der Waals surface area contributed by atoms with Gasteiger partial charge in [-0.3, -0.25) is 4.90 Å². The van der Waals surface area contributed by atoms with Gasteiger partial charge < -0.3 is 14.6 Å². The Kier molecular flexibility index (Phi) is 6.12. The smallest absolute Gasteiger partial charge is 0.425 e. The zero-order valence-corrected chi connectivity index (χ0v) is 17.8. The quantitative estimate of drug-likeness (QED) is 0.771.